The molecule has 3 rings (SSSR count). The van der Waals surface area contributed by atoms with E-state index in [1.807, 2.05) is 0 Å². The number of carbonyl (C=O) groups excluding carboxylic acids is 1. The maximum absolute atomic E-state index is 14.9. The molecular weight excluding hydrogens is 440 g/mol. The summed E-state index contributed by atoms with van der Waals surface area (Å²) in [5.74, 6) is -2.07. The van der Waals surface area contributed by atoms with Crippen LogP contribution in [0.25, 0.3) is 0 Å². The van der Waals surface area contributed by atoms with Gasteiger partial charge in [-0.2, -0.15) is 0 Å². The van der Waals surface area contributed by atoms with Crippen LogP contribution in [-0.2, 0) is 20.3 Å². The summed E-state index contributed by atoms with van der Waals surface area (Å²) in [5.41, 5.74) is -2.20. The number of amides is 1. The zero-order chi connectivity index (χ0) is 23.9. The Kier molecular flexibility index (Phi) is 6.03. The number of benzene rings is 2. The number of sulfonamides is 1. The molecule has 0 radical (unpaired) electrons. The van der Waals surface area contributed by atoms with Crippen LogP contribution in [-0.4, -0.2) is 37.4 Å². The van der Waals surface area contributed by atoms with Gasteiger partial charge in [0.05, 0.1) is 5.54 Å². The highest BCUT2D eigenvalue weighted by molar-refractivity contribution is 7.90. The van der Waals surface area contributed by atoms with Gasteiger partial charge < -0.3 is 10.1 Å². The van der Waals surface area contributed by atoms with E-state index in [2.05, 4.69) is 10.3 Å². The van der Waals surface area contributed by atoms with Gasteiger partial charge in [0.15, 0.2) is 0 Å². The van der Waals surface area contributed by atoms with Crippen LogP contribution in [0, 0.1) is 11.6 Å². The first-order valence-electron chi connectivity index (χ1n) is 9.84. The van der Waals surface area contributed by atoms with Crippen LogP contribution in [0.15, 0.2) is 53.5 Å². The molecule has 7 nitrogen and oxygen atoms in total. The molecule has 0 aliphatic carbocycles. The van der Waals surface area contributed by atoms with Crippen LogP contribution < -0.4 is 5.32 Å². The van der Waals surface area contributed by atoms with Crippen LogP contribution in [0.4, 0.5) is 13.6 Å². The summed E-state index contributed by atoms with van der Waals surface area (Å²) in [7, 11) is -2.97. The molecule has 2 aromatic carbocycles. The van der Waals surface area contributed by atoms with Crippen molar-refractivity contribution in [3.05, 3.63) is 71.3 Å². The second-order valence-electron chi connectivity index (χ2n) is 8.67. The number of rotatable bonds is 2. The van der Waals surface area contributed by atoms with Crippen LogP contribution in [0.5, 0.6) is 0 Å². The molecular formula is C22H25F2N3O4S. The predicted octanol–water partition coefficient (Wildman–Crippen LogP) is 4.08. The molecule has 0 saturated carbocycles. The molecule has 0 spiro atoms. The Hall–Kier alpha value is -3.01. The van der Waals surface area contributed by atoms with E-state index in [4.69, 9.17) is 4.74 Å². The van der Waals surface area contributed by atoms with Crippen LogP contribution in [0.2, 0.25) is 0 Å². The van der Waals surface area contributed by atoms with E-state index in [0.717, 1.165) is 10.4 Å². The molecule has 1 amide bonds. The summed E-state index contributed by atoms with van der Waals surface area (Å²) < 4.78 is 61.7. The lowest BCUT2D eigenvalue weighted by Crippen LogP contribution is -2.63. The number of hydrogen-bond donors (Lipinski definition) is 1. The smallest absolute Gasteiger partial charge is 0.437 e. The minimum Gasteiger partial charge on any atom is -0.442 e. The van der Waals surface area contributed by atoms with Gasteiger partial charge in [-0.25, -0.2) is 26.3 Å². The zero-order valence-electron chi connectivity index (χ0n) is 18.4. The number of nitrogens with zero attached hydrogens (tertiary/aromatic N) is 2. The molecule has 172 valence electrons. The third kappa shape index (κ3) is 4.45. The standard InChI is InChI=1S/C22H25F2N3O4S/c1-21(2,3)31-20(28)25-19-26-22(4,16-12-11-15(23)13-17(16)24)18(32(29,30)27(19)5)14-9-7-6-8-10-14/h6-13,18H,1-5H3,(H,25,26,28)/t18-,22-/m1/s1. The summed E-state index contributed by atoms with van der Waals surface area (Å²) >= 11 is 0. The summed E-state index contributed by atoms with van der Waals surface area (Å²) in [4.78, 5) is 16.1. The fourth-order valence-corrected chi connectivity index (χ4v) is 5.60. The van der Waals surface area contributed by atoms with E-state index in [-0.39, 0.29) is 11.5 Å². The molecule has 1 aliphatic rings. The number of aliphatic imine (C=N–C) groups is 1. The first-order valence-corrected chi connectivity index (χ1v) is 11.3. The van der Waals surface area contributed by atoms with E-state index < -0.39 is 44.1 Å². The van der Waals surface area contributed by atoms with Crippen molar-refractivity contribution >= 4 is 22.1 Å². The molecule has 32 heavy (non-hydrogen) atoms. The van der Waals surface area contributed by atoms with Crippen molar-refractivity contribution in [2.24, 2.45) is 4.99 Å². The quantitative estimate of drug-likeness (QED) is 0.722. The zero-order valence-corrected chi connectivity index (χ0v) is 19.2. The van der Waals surface area contributed by atoms with E-state index in [1.54, 1.807) is 51.1 Å². The maximum Gasteiger partial charge on any atom is 0.437 e. The fraction of sp³-hybridized carbons (Fsp3) is 0.364. The highest BCUT2D eigenvalue weighted by atomic mass is 32.2. The van der Waals surface area contributed by atoms with Crippen molar-refractivity contribution in [3.8, 4) is 0 Å². The van der Waals surface area contributed by atoms with E-state index >= 15 is 0 Å². The minimum atomic E-state index is -4.20. The Morgan fingerprint density at radius 3 is 2.34 bits per heavy atom. The normalized spacial score (nSPS) is 24.2. The average molecular weight is 466 g/mol. The molecule has 2 aromatic rings. The molecule has 0 aromatic heterocycles. The molecule has 1 saturated heterocycles. The third-order valence-electron chi connectivity index (χ3n) is 5.06. The van der Waals surface area contributed by atoms with Gasteiger partial charge in [0.1, 0.15) is 22.5 Å². The van der Waals surface area contributed by atoms with E-state index in [9.17, 15) is 22.0 Å². The van der Waals surface area contributed by atoms with E-state index in [1.165, 1.54) is 20.0 Å². The van der Waals surface area contributed by atoms with Gasteiger partial charge >= 0.3 is 6.09 Å². The van der Waals surface area contributed by atoms with Gasteiger partial charge in [0.25, 0.3) is 0 Å². The minimum absolute atomic E-state index is 0.0960. The van der Waals surface area contributed by atoms with Crippen molar-refractivity contribution in [1.82, 2.24) is 9.62 Å². The van der Waals surface area contributed by atoms with Crippen molar-refractivity contribution in [2.45, 2.75) is 44.1 Å². The molecule has 1 aliphatic heterocycles. The van der Waals surface area contributed by atoms with Gasteiger partial charge in [0.2, 0.25) is 16.0 Å². The van der Waals surface area contributed by atoms with Crippen molar-refractivity contribution in [1.29, 1.82) is 0 Å². The third-order valence-corrected chi connectivity index (χ3v) is 7.33. The van der Waals surface area contributed by atoms with Gasteiger partial charge in [-0.1, -0.05) is 36.4 Å². The van der Waals surface area contributed by atoms with Crippen molar-refractivity contribution < 1.29 is 26.7 Å². The summed E-state index contributed by atoms with van der Waals surface area (Å²) in [6.45, 7) is 6.39. The second-order valence-corrected chi connectivity index (χ2v) is 10.7. The predicted molar refractivity (Wildman–Crippen MR) is 116 cm³/mol. The number of halogens is 2. The summed E-state index contributed by atoms with van der Waals surface area (Å²) in [6, 6.07) is 11.2. The largest absolute Gasteiger partial charge is 0.442 e. The van der Waals surface area contributed by atoms with Crippen LogP contribution >= 0.6 is 0 Å². The Morgan fingerprint density at radius 2 is 1.78 bits per heavy atom. The van der Waals surface area contributed by atoms with Crippen molar-refractivity contribution in [2.75, 3.05) is 7.05 Å². The van der Waals surface area contributed by atoms with Gasteiger partial charge in [0, 0.05) is 18.7 Å². The van der Waals surface area contributed by atoms with Crippen molar-refractivity contribution in [3.63, 3.8) is 0 Å². The molecule has 1 heterocycles. The first kappa shape index (κ1) is 23.6. The number of carbonyl (C=O) groups is 1. The Bertz CT molecular complexity index is 1160. The highest BCUT2D eigenvalue weighted by Gasteiger charge is 2.54. The number of nitrogens with one attached hydrogen (secondary N) is 1. The Morgan fingerprint density at radius 1 is 1.16 bits per heavy atom. The number of ether oxygens (including phenoxy) is 1. The Labute approximate surface area is 186 Å². The molecule has 2 atom stereocenters. The Balaban J connectivity index is 2.22. The van der Waals surface area contributed by atoms with Gasteiger partial charge in [-0.15, -0.1) is 4.99 Å². The van der Waals surface area contributed by atoms with E-state index in [0.29, 0.717) is 11.6 Å². The fourth-order valence-electron chi connectivity index (χ4n) is 3.67. The lowest BCUT2D eigenvalue weighted by molar-refractivity contribution is 0.0601. The monoisotopic (exact) mass is 465 g/mol. The number of guanidine groups is 1. The highest BCUT2D eigenvalue weighted by Crippen LogP contribution is 2.45. The molecule has 1 fully saturated rings. The molecule has 0 bridgehead atoms. The van der Waals surface area contributed by atoms with Gasteiger partial charge in [-0.05, 0) is 39.3 Å². The summed E-state index contributed by atoms with van der Waals surface area (Å²) in [6.07, 6.45) is -1.01. The average Bonchev–Trinajstić information content (AvgIpc) is 2.65. The van der Waals surface area contributed by atoms with Crippen LogP contribution in [0.3, 0.4) is 0 Å². The first-order chi connectivity index (χ1) is 14.8. The van der Waals surface area contributed by atoms with Crippen LogP contribution in [0.1, 0.15) is 44.1 Å². The molecule has 0 unspecified atom stereocenters. The lowest BCUT2D eigenvalue weighted by Gasteiger charge is -2.46. The maximum atomic E-state index is 14.9. The topological polar surface area (TPSA) is 88.1 Å². The second kappa shape index (κ2) is 8.16. The number of hydrogen-bond acceptors (Lipinski definition) is 4. The lowest BCUT2D eigenvalue weighted by atomic mass is 9.84. The SMILES string of the molecule is CN1/C(=N/C(=O)OC(C)(C)C)N[C@](C)(c2ccc(F)cc2F)[C@@H](c2ccccc2)S1(=O)=O. The van der Waals surface area contributed by atoms with Gasteiger partial charge in [-0.3, -0.25) is 0 Å². The molecule has 10 heteroatoms. The molecule has 1 N–H and O–H groups in total. The summed E-state index contributed by atoms with van der Waals surface area (Å²) in [5, 5.41) is 1.60.